The average Bonchev–Trinajstić information content (AvgIpc) is 3.31. The minimum atomic E-state index is -0.110. The number of fused-ring (bicyclic) bond motifs is 1. The van der Waals surface area contributed by atoms with Gasteiger partial charge in [-0.25, -0.2) is 4.52 Å². The molecule has 0 spiro atoms. The van der Waals surface area contributed by atoms with Crippen LogP contribution in [0.25, 0.3) is 5.52 Å². The van der Waals surface area contributed by atoms with Crippen molar-refractivity contribution in [3.05, 3.63) is 52.5 Å². The smallest absolute Gasteiger partial charge is 0.253 e. The molecule has 2 N–H and O–H groups in total. The van der Waals surface area contributed by atoms with Crippen molar-refractivity contribution >= 4 is 33.3 Å². The van der Waals surface area contributed by atoms with Gasteiger partial charge in [0.05, 0.1) is 40.1 Å². The molecule has 1 aliphatic rings. The van der Waals surface area contributed by atoms with Crippen molar-refractivity contribution in [3.63, 3.8) is 0 Å². The van der Waals surface area contributed by atoms with Crippen LogP contribution in [-0.4, -0.2) is 43.8 Å². The van der Waals surface area contributed by atoms with Crippen LogP contribution in [0.5, 0.6) is 0 Å². The van der Waals surface area contributed by atoms with Crippen LogP contribution in [0, 0.1) is 11.3 Å². The summed E-state index contributed by atoms with van der Waals surface area (Å²) in [6.07, 6.45) is 6.30. The lowest BCUT2D eigenvalue weighted by molar-refractivity contribution is -0.121. The van der Waals surface area contributed by atoms with Crippen molar-refractivity contribution in [2.24, 2.45) is 18.4 Å². The van der Waals surface area contributed by atoms with Crippen LogP contribution < -0.4 is 10.6 Å². The van der Waals surface area contributed by atoms with Gasteiger partial charge in [0.15, 0.2) is 0 Å². The number of pyridine rings is 1. The van der Waals surface area contributed by atoms with Gasteiger partial charge in [0.2, 0.25) is 5.91 Å². The monoisotopic (exact) mass is 472 g/mol. The highest BCUT2D eigenvalue weighted by Gasteiger charge is 2.48. The molecule has 2 unspecified atom stereocenters. The highest BCUT2D eigenvalue weighted by molar-refractivity contribution is 9.10. The molecule has 0 bridgehead atoms. The zero-order valence-electron chi connectivity index (χ0n) is 17.2. The molecule has 1 aliphatic carbocycles. The molecule has 4 rings (SSSR count). The molecular weight excluding hydrogens is 448 g/mol. The van der Waals surface area contributed by atoms with E-state index in [0.29, 0.717) is 18.0 Å². The van der Waals surface area contributed by atoms with E-state index in [1.165, 1.54) is 0 Å². The Morgan fingerprint density at radius 3 is 2.80 bits per heavy atom. The lowest BCUT2D eigenvalue weighted by Gasteiger charge is -2.52. The quantitative estimate of drug-likeness (QED) is 0.575. The maximum atomic E-state index is 12.8. The van der Waals surface area contributed by atoms with Crippen molar-refractivity contribution < 1.29 is 9.59 Å². The number of rotatable bonds is 6. The van der Waals surface area contributed by atoms with Gasteiger partial charge in [-0.15, -0.1) is 0 Å². The van der Waals surface area contributed by atoms with Crippen molar-refractivity contribution in [2.45, 2.75) is 32.7 Å². The van der Waals surface area contributed by atoms with Crippen LogP contribution in [0.4, 0.5) is 0 Å². The first-order valence-corrected chi connectivity index (χ1v) is 10.7. The second kappa shape index (κ2) is 7.86. The average molecular weight is 473 g/mol. The van der Waals surface area contributed by atoms with E-state index in [1.807, 2.05) is 31.4 Å². The van der Waals surface area contributed by atoms with E-state index in [-0.39, 0.29) is 29.7 Å². The number of halogens is 1. The Labute approximate surface area is 183 Å². The molecule has 2 atom stereocenters. The van der Waals surface area contributed by atoms with E-state index < -0.39 is 0 Å². The molecule has 0 aliphatic heterocycles. The predicted octanol–water partition coefficient (Wildman–Crippen LogP) is 2.33. The Kier molecular flexibility index (Phi) is 5.40. The molecule has 8 nitrogen and oxygen atoms in total. The molecule has 3 aromatic rings. The minimum absolute atomic E-state index is 0.0324. The van der Waals surface area contributed by atoms with Gasteiger partial charge in [-0.2, -0.15) is 10.2 Å². The Morgan fingerprint density at radius 1 is 1.30 bits per heavy atom. The fourth-order valence-corrected chi connectivity index (χ4v) is 4.56. The van der Waals surface area contributed by atoms with Crippen LogP contribution in [-0.2, 0) is 18.3 Å². The zero-order valence-corrected chi connectivity index (χ0v) is 18.8. The standard InChI is InChI=1S/C21H25BrN6O2/c1-21(2)13(11-23-19(29)10-17-15(22)12-25-27(17)3)9-18(21)26-20(30)14-5-4-8-28-16(14)6-7-24-28/h4-8,12-13,18H,9-11H2,1-3H3,(H,23,29)(H,26,30). The fraction of sp³-hybridized carbons (Fsp3) is 0.429. The highest BCUT2D eigenvalue weighted by Crippen LogP contribution is 2.46. The summed E-state index contributed by atoms with van der Waals surface area (Å²) < 4.78 is 4.23. The highest BCUT2D eigenvalue weighted by atomic mass is 79.9. The topological polar surface area (TPSA) is 93.3 Å². The van der Waals surface area contributed by atoms with Crippen molar-refractivity contribution in [3.8, 4) is 0 Å². The molecule has 0 aromatic carbocycles. The van der Waals surface area contributed by atoms with Gasteiger partial charge in [0, 0.05) is 25.8 Å². The third-order valence-corrected chi connectivity index (χ3v) is 7.00. The number of aryl methyl sites for hydroxylation is 1. The van der Waals surface area contributed by atoms with Crippen LogP contribution in [0.15, 0.2) is 41.3 Å². The van der Waals surface area contributed by atoms with E-state index in [4.69, 9.17) is 0 Å². The predicted molar refractivity (Wildman–Crippen MR) is 116 cm³/mol. The molecule has 9 heteroatoms. The third kappa shape index (κ3) is 3.74. The second-order valence-corrected chi connectivity index (χ2v) is 9.26. The lowest BCUT2D eigenvalue weighted by atomic mass is 9.58. The molecule has 1 fully saturated rings. The van der Waals surface area contributed by atoms with Gasteiger partial charge >= 0.3 is 0 Å². The van der Waals surface area contributed by atoms with Gasteiger partial charge < -0.3 is 10.6 Å². The minimum Gasteiger partial charge on any atom is -0.355 e. The number of carbonyl (C=O) groups excluding carboxylic acids is 2. The number of hydrogen-bond donors (Lipinski definition) is 2. The summed E-state index contributed by atoms with van der Waals surface area (Å²) in [5.41, 5.74) is 2.14. The molecule has 158 valence electrons. The lowest BCUT2D eigenvalue weighted by Crippen LogP contribution is -2.60. The van der Waals surface area contributed by atoms with Crippen molar-refractivity contribution in [1.29, 1.82) is 0 Å². The summed E-state index contributed by atoms with van der Waals surface area (Å²) in [6.45, 7) is 4.86. The van der Waals surface area contributed by atoms with Crippen LogP contribution in [0.1, 0.15) is 36.3 Å². The maximum absolute atomic E-state index is 12.8. The molecule has 0 radical (unpaired) electrons. The summed E-state index contributed by atoms with van der Waals surface area (Å²) in [7, 11) is 1.82. The van der Waals surface area contributed by atoms with Gasteiger partial charge in [0.1, 0.15) is 0 Å². The van der Waals surface area contributed by atoms with Crippen molar-refractivity contribution in [1.82, 2.24) is 30.0 Å². The third-order valence-electron chi connectivity index (χ3n) is 6.34. The van der Waals surface area contributed by atoms with Crippen molar-refractivity contribution in [2.75, 3.05) is 6.54 Å². The Balaban J connectivity index is 1.32. The Morgan fingerprint density at radius 2 is 2.10 bits per heavy atom. The molecule has 3 heterocycles. The van der Waals surface area contributed by atoms with Gasteiger partial charge in [-0.05, 0) is 51.9 Å². The summed E-state index contributed by atoms with van der Waals surface area (Å²) in [5.74, 6) is 0.171. The first-order valence-electron chi connectivity index (χ1n) is 9.93. The van der Waals surface area contributed by atoms with Crippen LogP contribution in [0.2, 0.25) is 0 Å². The second-order valence-electron chi connectivity index (χ2n) is 8.41. The summed E-state index contributed by atoms with van der Waals surface area (Å²) in [6, 6.07) is 5.52. The largest absolute Gasteiger partial charge is 0.355 e. The SMILES string of the molecule is Cn1ncc(Br)c1CC(=O)NCC1CC(NC(=O)c2cccn3nccc23)C1(C)C. The van der Waals surface area contributed by atoms with E-state index in [9.17, 15) is 9.59 Å². The van der Waals surface area contributed by atoms with E-state index in [0.717, 1.165) is 22.1 Å². The molecular formula is C21H25BrN6O2. The Hall–Kier alpha value is -2.68. The summed E-state index contributed by atoms with van der Waals surface area (Å²) in [5, 5.41) is 14.5. The number of nitrogens with one attached hydrogen (secondary N) is 2. The van der Waals surface area contributed by atoms with E-state index in [1.54, 1.807) is 21.6 Å². The first kappa shape index (κ1) is 20.6. The van der Waals surface area contributed by atoms with E-state index in [2.05, 4.69) is 50.6 Å². The molecule has 0 saturated heterocycles. The fourth-order valence-electron chi connectivity index (χ4n) is 4.07. The summed E-state index contributed by atoms with van der Waals surface area (Å²) in [4.78, 5) is 25.2. The molecule has 3 aromatic heterocycles. The Bertz CT molecular complexity index is 1080. The molecule has 2 amide bonds. The number of aromatic nitrogens is 4. The number of nitrogens with zero attached hydrogens (tertiary/aromatic N) is 4. The molecule has 1 saturated carbocycles. The summed E-state index contributed by atoms with van der Waals surface area (Å²) >= 11 is 3.42. The van der Waals surface area contributed by atoms with Gasteiger partial charge in [-0.3, -0.25) is 14.3 Å². The van der Waals surface area contributed by atoms with Gasteiger partial charge in [-0.1, -0.05) is 13.8 Å². The number of hydrogen-bond acceptors (Lipinski definition) is 4. The normalized spacial score (nSPS) is 20.0. The zero-order chi connectivity index (χ0) is 21.5. The first-order chi connectivity index (χ1) is 14.3. The van der Waals surface area contributed by atoms with E-state index >= 15 is 0 Å². The maximum Gasteiger partial charge on any atom is 0.253 e. The van der Waals surface area contributed by atoms with Crippen LogP contribution in [0.3, 0.4) is 0 Å². The molecule has 30 heavy (non-hydrogen) atoms. The number of carbonyl (C=O) groups is 2. The number of amides is 2. The van der Waals surface area contributed by atoms with Gasteiger partial charge in [0.25, 0.3) is 5.91 Å². The van der Waals surface area contributed by atoms with Crippen LogP contribution >= 0.6 is 15.9 Å².